The summed E-state index contributed by atoms with van der Waals surface area (Å²) in [5, 5.41) is 9.01. The fourth-order valence-electron chi connectivity index (χ4n) is 7.78. The Morgan fingerprint density at radius 1 is 0.913 bits per heavy atom. The predicted octanol–water partition coefficient (Wildman–Crippen LogP) is 4.15. The van der Waals surface area contributed by atoms with Gasteiger partial charge in [-0.15, -0.1) is 0 Å². The number of aromatic nitrogens is 2. The molecule has 0 spiro atoms. The van der Waals surface area contributed by atoms with Crippen LogP contribution in [0.15, 0.2) is 48.9 Å². The normalized spacial score (nSPS) is 26.5. The van der Waals surface area contributed by atoms with Crippen molar-refractivity contribution in [3.05, 3.63) is 60.2 Å². The van der Waals surface area contributed by atoms with E-state index in [4.69, 9.17) is 9.31 Å². The molecule has 3 N–H and O–H groups in total. The summed E-state index contributed by atoms with van der Waals surface area (Å²) in [7, 11) is -0.579. The van der Waals surface area contributed by atoms with Crippen LogP contribution in [0.25, 0.3) is 0 Å². The molecule has 4 aliphatic rings. The van der Waals surface area contributed by atoms with Gasteiger partial charge in [0.05, 0.1) is 23.8 Å². The van der Waals surface area contributed by atoms with Crippen molar-refractivity contribution in [3.8, 4) is 0 Å². The lowest BCUT2D eigenvalue weighted by Gasteiger charge is -2.64. The standard InChI is InChI=1S/C35H50BN5O5/c1-21(2)15-25(39-33(44)27-20-37-13-14-38-27)31(42)40-26(17-23-11-9-8-10-12-23)32(43)41-30(16-22(3)4)36-45-29-19-24-18-28(34(24,5)6)35(29,7)46-36/h8-14,20-22,24-26,28-30H,15-19H2,1-7H3,(H,39,44)(H,40,42)(H,41,43)/t24-,25-,26-,28?,29+,30-,35-/m0/s1. The number of amides is 3. The summed E-state index contributed by atoms with van der Waals surface area (Å²) in [5.41, 5.74) is 0.832. The van der Waals surface area contributed by atoms with Crippen molar-refractivity contribution in [1.29, 1.82) is 0 Å². The van der Waals surface area contributed by atoms with E-state index in [2.05, 4.69) is 60.5 Å². The number of hydrogen-bond acceptors (Lipinski definition) is 7. The Hall–Kier alpha value is -3.31. The van der Waals surface area contributed by atoms with Gasteiger partial charge in [-0.3, -0.25) is 19.4 Å². The second-order valence-corrected chi connectivity index (χ2v) is 15.1. The first-order valence-corrected chi connectivity index (χ1v) is 16.8. The minimum Gasteiger partial charge on any atom is -0.404 e. The van der Waals surface area contributed by atoms with Gasteiger partial charge in [0.15, 0.2) is 0 Å². The summed E-state index contributed by atoms with van der Waals surface area (Å²) in [6, 6.07) is 7.84. The third-order valence-electron chi connectivity index (χ3n) is 10.4. The number of carbonyl (C=O) groups excluding carboxylic acids is 3. The van der Waals surface area contributed by atoms with Crippen LogP contribution < -0.4 is 16.0 Å². The van der Waals surface area contributed by atoms with Gasteiger partial charge >= 0.3 is 7.12 Å². The van der Waals surface area contributed by atoms with E-state index in [-0.39, 0.29) is 41.4 Å². The highest BCUT2D eigenvalue weighted by Crippen LogP contribution is 2.65. The van der Waals surface area contributed by atoms with Crippen LogP contribution in [-0.2, 0) is 25.3 Å². The van der Waals surface area contributed by atoms with Gasteiger partial charge in [0.2, 0.25) is 11.8 Å². The van der Waals surface area contributed by atoms with Gasteiger partial charge in [-0.2, -0.15) is 0 Å². The first-order chi connectivity index (χ1) is 21.8. The van der Waals surface area contributed by atoms with Gasteiger partial charge in [0.25, 0.3) is 5.91 Å². The Morgan fingerprint density at radius 2 is 1.61 bits per heavy atom. The van der Waals surface area contributed by atoms with Crippen molar-refractivity contribution in [2.24, 2.45) is 29.1 Å². The van der Waals surface area contributed by atoms with E-state index in [9.17, 15) is 14.4 Å². The molecule has 11 heteroatoms. The summed E-state index contributed by atoms with van der Waals surface area (Å²) in [6.07, 6.45) is 7.69. The smallest absolute Gasteiger partial charge is 0.404 e. The number of carbonyl (C=O) groups is 3. The minimum absolute atomic E-state index is 0.00429. The molecule has 2 bridgehead atoms. The van der Waals surface area contributed by atoms with Crippen molar-refractivity contribution in [2.45, 2.75) is 110 Å². The van der Waals surface area contributed by atoms with E-state index in [1.54, 1.807) is 0 Å². The molecule has 3 aliphatic carbocycles. The Morgan fingerprint density at radius 3 is 2.24 bits per heavy atom. The summed E-state index contributed by atoms with van der Waals surface area (Å²) in [6.45, 7) is 15.0. The molecule has 248 valence electrons. The van der Waals surface area contributed by atoms with E-state index in [0.29, 0.717) is 24.7 Å². The van der Waals surface area contributed by atoms with Crippen LogP contribution in [0.4, 0.5) is 0 Å². The Balaban J connectivity index is 1.34. The molecule has 10 nitrogen and oxygen atoms in total. The quantitative estimate of drug-likeness (QED) is 0.283. The second-order valence-electron chi connectivity index (χ2n) is 15.1. The lowest BCUT2D eigenvalue weighted by molar-refractivity contribution is -0.199. The number of nitrogens with one attached hydrogen (secondary N) is 3. The maximum absolute atomic E-state index is 14.1. The third kappa shape index (κ3) is 7.30. The lowest BCUT2D eigenvalue weighted by atomic mass is 9.43. The van der Waals surface area contributed by atoms with Gasteiger partial charge in [-0.25, -0.2) is 4.98 Å². The maximum Gasteiger partial charge on any atom is 0.481 e. The molecule has 2 heterocycles. The average molecular weight is 632 g/mol. The van der Waals surface area contributed by atoms with E-state index < -0.39 is 42.6 Å². The van der Waals surface area contributed by atoms with Gasteiger partial charge < -0.3 is 25.3 Å². The largest absolute Gasteiger partial charge is 0.481 e. The number of benzene rings is 1. The van der Waals surface area contributed by atoms with Crippen LogP contribution in [0, 0.1) is 29.1 Å². The van der Waals surface area contributed by atoms with Crippen molar-refractivity contribution in [3.63, 3.8) is 0 Å². The van der Waals surface area contributed by atoms with Gasteiger partial charge in [0.1, 0.15) is 17.8 Å². The van der Waals surface area contributed by atoms with Crippen molar-refractivity contribution < 1.29 is 23.7 Å². The molecule has 46 heavy (non-hydrogen) atoms. The zero-order chi connectivity index (χ0) is 33.2. The van der Waals surface area contributed by atoms with Gasteiger partial charge in [-0.1, -0.05) is 71.9 Å². The number of hydrogen-bond donors (Lipinski definition) is 3. The van der Waals surface area contributed by atoms with Crippen LogP contribution in [0.5, 0.6) is 0 Å². The van der Waals surface area contributed by atoms with Crippen LogP contribution in [0.2, 0.25) is 0 Å². The Labute approximate surface area is 273 Å². The molecule has 0 radical (unpaired) electrons. The molecule has 1 aliphatic heterocycles. The fourth-order valence-corrected chi connectivity index (χ4v) is 7.78. The summed E-state index contributed by atoms with van der Waals surface area (Å²) in [5.74, 6) is -0.243. The lowest BCUT2D eigenvalue weighted by Crippen LogP contribution is -2.65. The molecule has 1 saturated heterocycles. The summed E-state index contributed by atoms with van der Waals surface area (Å²) >= 11 is 0. The molecule has 3 amide bonds. The zero-order valence-corrected chi connectivity index (χ0v) is 28.3. The van der Waals surface area contributed by atoms with Crippen molar-refractivity contribution in [1.82, 2.24) is 25.9 Å². The highest BCUT2D eigenvalue weighted by molar-refractivity contribution is 6.48. The summed E-state index contributed by atoms with van der Waals surface area (Å²) < 4.78 is 13.4. The van der Waals surface area contributed by atoms with E-state index >= 15 is 0 Å². The molecule has 1 aromatic heterocycles. The molecule has 1 aromatic carbocycles. The second kappa shape index (κ2) is 13.8. The first kappa shape index (κ1) is 34.0. The van der Waals surface area contributed by atoms with Crippen molar-refractivity contribution >= 4 is 24.8 Å². The average Bonchev–Trinajstić information content (AvgIpc) is 3.37. The van der Waals surface area contributed by atoms with Gasteiger partial charge in [0, 0.05) is 18.8 Å². The fraction of sp³-hybridized carbons (Fsp3) is 0.629. The third-order valence-corrected chi connectivity index (χ3v) is 10.4. The highest BCUT2D eigenvalue weighted by Gasteiger charge is 2.68. The van der Waals surface area contributed by atoms with Crippen molar-refractivity contribution in [2.75, 3.05) is 0 Å². The number of nitrogens with zero attached hydrogens (tertiary/aromatic N) is 2. The monoisotopic (exact) mass is 631 g/mol. The molecular weight excluding hydrogens is 581 g/mol. The molecular formula is C35H50BN5O5. The number of rotatable bonds is 13. The highest BCUT2D eigenvalue weighted by atomic mass is 16.7. The minimum atomic E-state index is -0.890. The molecule has 3 saturated carbocycles. The molecule has 6 rings (SSSR count). The van der Waals surface area contributed by atoms with Crippen LogP contribution in [0.3, 0.4) is 0 Å². The first-order valence-electron chi connectivity index (χ1n) is 16.8. The van der Waals surface area contributed by atoms with E-state index in [0.717, 1.165) is 18.4 Å². The maximum atomic E-state index is 14.1. The van der Waals surface area contributed by atoms with E-state index in [1.165, 1.54) is 18.6 Å². The Bertz CT molecular complexity index is 1380. The topological polar surface area (TPSA) is 132 Å². The molecule has 4 fully saturated rings. The zero-order valence-electron chi connectivity index (χ0n) is 28.3. The molecule has 1 unspecified atom stereocenters. The van der Waals surface area contributed by atoms with Gasteiger partial charge in [-0.05, 0) is 67.3 Å². The SMILES string of the molecule is CC(C)C[C@H](NC(=O)[C@H](Cc1ccccc1)NC(=O)[C@H](CC(C)C)NC(=O)c1cnccn1)B1O[C@@H]2C[C@@H]3CC(C3(C)C)[C@]2(C)O1. The molecule has 7 atom stereocenters. The summed E-state index contributed by atoms with van der Waals surface area (Å²) in [4.78, 5) is 48.9. The Kier molecular flexibility index (Phi) is 10.2. The predicted molar refractivity (Wildman–Crippen MR) is 176 cm³/mol. The van der Waals surface area contributed by atoms with Crippen LogP contribution in [-0.4, -0.2) is 64.5 Å². The van der Waals surface area contributed by atoms with Crippen LogP contribution in [0.1, 0.15) is 90.2 Å². The molecule has 2 aromatic rings. The van der Waals surface area contributed by atoms with Crippen LogP contribution >= 0.6 is 0 Å². The van der Waals surface area contributed by atoms with E-state index in [1.807, 2.05) is 44.2 Å².